The Labute approximate surface area is 138 Å². The maximum atomic E-state index is 13.1. The number of halogens is 1. The predicted octanol–water partition coefficient (Wildman–Crippen LogP) is 3.21. The lowest BCUT2D eigenvalue weighted by Gasteiger charge is -2.13. The van der Waals surface area contributed by atoms with Gasteiger partial charge < -0.3 is 10.1 Å². The Hall–Kier alpha value is -3.02. The third-order valence-corrected chi connectivity index (χ3v) is 3.27. The zero-order valence-electron chi connectivity index (χ0n) is 13.2. The highest BCUT2D eigenvalue weighted by Crippen LogP contribution is 2.12. The minimum Gasteiger partial charge on any atom is -0.449 e. The van der Waals surface area contributed by atoms with E-state index in [4.69, 9.17) is 4.74 Å². The third-order valence-electron chi connectivity index (χ3n) is 3.27. The Morgan fingerprint density at radius 2 is 1.71 bits per heavy atom. The average Bonchev–Trinajstić information content (AvgIpc) is 2.55. The van der Waals surface area contributed by atoms with E-state index in [1.54, 1.807) is 24.3 Å². The molecule has 0 aliphatic rings. The first-order valence-electron chi connectivity index (χ1n) is 7.25. The van der Waals surface area contributed by atoms with Crippen LogP contribution in [0.1, 0.15) is 34.6 Å². The van der Waals surface area contributed by atoms with Gasteiger partial charge in [-0.2, -0.15) is 0 Å². The Morgan fingerprint density at radius 1 is 1.04 bits per heavy atom. The number of hydrogen-bond acceptors (Lipinski definition) is 4. The molecule has 1 amide bonds. The summed E-state index contributed by atoms with van der Waals surface area (Å²) >= 11 is 0. The van der Waals surface area contributed by atoms with Crippen molar-refractivity contribution in [3.05, 3.63) is 65.5 Å². The molecule has 1 N–H and O–H groups in total. The molecular weight excluding hydrogens is 313 g/mol. The van der Waals surface area contributed by atoms with Gasteiger partial charge >= 0.3 is 5.97 Å². The van der Waals surface area contributed by atoms with Crippen molar-refractivity contribution in [2.45, 2.75) is 20.0 Å². The molecule has 0 aliphatic carbocycles. The van der Waals surface area contributed by atoms with Gasteiger partial charge in [-0.05, 0) is 56.3 Å². The fourth-order valence-corrected chi connectivity index (χ4v) is 1.93. The molecular formula is C18H16FNO4. The maximum Gasteiger partial charge on any atom is 0.339 e. The molecule has 0 aliphatic heterocycles. The van der Waals surface area contributed by atoms with Gasteiger partial charge in [0.2, 0.25) is 0 Å². The van der Waals surface area contributed by atoms with Crippen LogP contribution in [0.15, 0.2) is 48.5 Å². The summed E-state index contributed by atoms with van der Waals surface area (Å²) in [5.74, 6) is -1.96. The summed E-state index contributed by atoms with van der Waals surface area (Å²) in [7, 11) is 0. The predicted molar refractivity (Wildman–Crippen MR) is 86.4 cm³/mol. The monoisotopic (exact) mass is 329 g/mol. The molecule has 0 bridgehead atoms. The molecule has 0 spiro atoms. The van der Waals surface area contributed by atoms with Gasteiger partial charge in [0, 0.05) is 11.3 Å². The van der Waals surface area contributed by atoms with Gasteiger partial charge in [-0.1, -0.05) is 6.07 Å². The molecule has 0 fully saturated rings. The van der Waals surface area contributed by atoms with Crippen LogP contribution < -0.4 is 5.32 Å². The number of amides is 1. The molecule has 0 unspecified atom stereocenters. The molecule has 24 heavy (non-hydrogen) atoms. The first-order chi connectivity index (χ1) is 11.4. The summed E-state index contributed by atoms with van der Waals surface area (Å²) < 4.78 is 18.1. The highest BCUT2D eigenvalue weighted by atomic mass is 19.1. The van der Waals surface area contributed by atoms with E-state index in [2.05, 4.69) is 5.32 Å². The highest BCUT2D eigenvalue weighted by molar-refractivity contribution is 5.98. The normalized spacial score (nSPS) is 11.5. The summed E-state index contributed by atoms with van der Waals surface area (Å²) in [4.78, 5) is 35.1. The Kier molecular flexibility index (Phi) is 5.42. The number of nitrogens with one attached hydrogen (secondary N) is 1. The van der Waals surface area contributed by atoms with Crippen LogP contribution >= 0.6 is 0 Å². The van der Waals surface area contributed by atoms with Gasteiger partial charge in [-0.15, -0.1) is 0 Å². The third kappa shape index (κ3) is 4.49. The van der Waals surface area contributed by atoms with Crippen molar-refractivity contribution in [3.8, 4) is 0 Å². The lowest BCUT2D eigenvalue weighted by Crippen LogP contribution is -2.30. The van der Waals surface area contributed by atoms with E-state index in [-0.39, 0.29) is 11.3 Å². The number of benzene rings is 2. The summed E-state index contributed by atoms with van der Waals surface area (Å²) in [6, 6.07) is 11.4. The minimum atomic E-state index is -1.06. The van der Waals surface area contributed by atoms with E-state index in [9.17, 15) is 18.8 Å². The van der Waals surface area contributed by atoms with Crippen molar-refractivity contribution in [2.75, 3.05) is 5.32 Å². The lowest BCUT2D eigenvalue weighted by molar-refractivity contribution is -0.123. The fourth-order valence-electron chi connectivity index (χ4n) is 1.93. The number of rotatable bonds is 5. The van der Waals surface area contributed by atoms with Crippen LogP contribution in [-0.2, 0) is 9.53 Å². The van der Waals surface area contributed by atoms with Gasteiger partial charge in [-0.25, -0.2) is 9.18 Å². The summed E-state index contributed by atoms with van der Waals surface area (Å²) in [5, 5.41) is 2.57. The first kappa shape index (κ1) is 17.3. The number of ketones is 1. The largest absolute Gasteiger partial charge is 0.449 e. The zero-order chi connectivity index (χ0) is 17.7. The fraction of sp³-hybridized carbons (Fsp3) is 0.167. The second-order valence-electron chi connectivity index (χ2n) is 5.18. The van der Waals surface area contributed by atoms with E-state index >= 15 is 0 Å². The molecule has 0 aromatic heterocycles. The lowest BCUT2D eigenvalue weighted by atomic mass is 10.1. The van der Waals surface area contributed by atoms with Crippen LogP contribution in [0.3, 0.4) is 0 Å². The smallest absolute Gasteiger partial charge is 0.339 e. The van der Waals surface area contributed by atoms with Gasteiger partial charge in [0.1, 0.15) is 5.82 Å². The molecule has 1 atom stereocenters. The molecule has 0 radical (unpaired) electrons. The standard InChI is InChI=1S/C18H16FNO4/c1-11(21)13-6-8-16(9-7-13)20-17(22)12(2)24-18(23)14-4-3-5-15(19)10-14/h3-10,12H,1-2H3,(H,20,22)/t12-/m0/s1. The number of carbonyl (C=O) groups is 3. The van der Waals surface area contributed by atoms with Crippen LogP contribution in [0.5, 0.6) is 0 Å². The van der Waals surface area contributed by atoms with Gasteiger partial charge in [0.15, 0.2) is 11.9 Å². The molecule has 124 valence electrons. The van der Waals surface area contributed by atoms with Crippen molar-refractivity contribution < 1.29 is 23.5 Å². The van der Waals surface area contributed by atoms with Gasteiger partial charge in [0.05, 0.1) is 5.56 Å². The molecule has 2 aromatic rings. The SMILES string of the molecule is CC(=O)c1ccc(NC(=O)[C@H](C)OC(=O)c2cccc(F)c2)cc1. The van der Waals surface area contributed by atoms with E-state index in [1.165, 1.54) is 32.0 Å². The van der Waals surface area contributed by atoms with Crippen molar-refractivity contribution in [1.82, 2.24) is 0 Å². The van der Waals surface area contributed by atoms with Crippen LogP contribution in [0.2, 0.25) is 0 Å². The second-order valence-corrected chi connectivity index (χ2v) is 5.18. The van der Waals surface area contributed by atoms with Crippen molar-refractivity contribution in [2.24, 2.45) is 0 Å². The van der Waals surface area contributed by atoms with Crippen molar-refractivity contribution in [1.29, 1.82) is 0 Å². The summed E-state index contributed by atoms with van der Waals surface area (Å²) in [6.07, 6.45) is -1.06. The summed E-state index contributed by atoms with van der Waals surface area (Å²) in [5.41, 5.74) is 1.03. The van der Waals surface area contributed by atoms with Crippen molar-refractivity contribution >= 4 is 23.3 Å². The highest BCUT2D eigenvalue weighted by Gasteiger charge is 2.19. The molecule has 6 heteroatoms. The number of carbonyl (C=O) groups excluding carboxylic acids is 3. The molecule has 2 aromatic carbocycles. The van der Waals surface area contributed by atoms with Crippen molar-refractivity contribution in [3.63, 3.8) is 0 Å². The van der Waals surface area contributed by atoms with E-state index in [1.807, 2.05) is 0 Å². The minimum absolute atomic E-state index is 0.0282. The number of anilines is 1. The van der Waals surface area contributed by atoms with Crippen LogP contribution in [0.25, 0.3) is 0 Å². The summed E-state index contributed by atoms with van der Waals surface area (Å²) in [6.45, 7) is 2.86. The number of esters is 1. The van der Waals surface area contributed by atoms with Crippen LogP contribution in [-0.4, -0.2) is 23.8 Å². The maximum absolute atomic E-state index is 13.1. The topological polar surface area (TPSA) is 72.5 Å². The van der Waals surface area contributed by atoms with E-state index in [0.717, 1.165) is 6.07 Å². The van der Waals surface area contributed by atoms with E-state index < -0.39 is 23.8 Å². The molecule has 2 rings (SSSR count). The first-order valence-corrected chi connectivity index (χ1v) is 7.25. The Morgan fingerprint density at radius 3 is 2.29 bits per heavy atom. The van der Waals surface area contributed by atoms with E-state index in [0.29, 0.717) is 11.3 Å². The van der Waals surface area contributed by atoms with Gasteiger partial charge in [0.25, 0.3) is 5.91 Å². The number of Topliss-reactive ketones (excluding diaryl/α,β-unsaturated/α-hetero) is 1. The Bertz CT molecular complexity index is 771. The molecule has 0 saturated carbocycles. The van der Waals surface area contributed by atoms with Crippen LogP contribution in [0, 0.1) is 5.82 Å². The molecule has 0 heterocycles. The molecule has 0 saturated heterocycles. The number of hydrogen-bond donors (Lipinski definition) is 1. The second kappa shape index (κ2) is 7.50. The Balaban J connectivity index is 1.96. The van der Waals surface area contributed by atoms with Crippen LogP contribution in [0.4, 0.5) is 10.1 Å². The quantitative estimate of drug-likeness (QED) is 0.675. The average molecular weight is 329 g/mol. The zero-order valence-corrected chi connectivity index (χ0v) is 13.2. The molecule has 5 nitrogen and oxygen atoms in total. The number of ether oxygens (including phenoxy) is 1. The van der Waals surface area contributed by atoms with Gasteiger partial charge in [-0.3, -0.25) is 9.59 Å².